The van der Waals surface area contributed by atoms with Crippen molar-refractivity contribution in [2.45, 2.75) is 18.9 Å². The first kappa shape index (κ1) is 14.4. The average molecular weight is 296 g/mol. The van der Waals surface area contributed by atoms with Gasteiger partial charge in [-0.1, -0.05) is 36.4 Å². The van der Waals surface area contributed by atoms with E-state index < -0.39 is 6.09 Å². The molecular formula is C18H20N2O2. The lowest BCUT2D eigenvalue weighted by atomic mass is 10.0. The number of nitrogens with zero attached hydrogens (tertiary/aromatic N) is 2. The zero-order chi connectivity index (χ0) is 15.4. The number of carbonyl (C=O) groups is 1. The second kappa shape index (κ2) is 6.52. The Morgan fingerprint density at radius 2 is 1.36 bits per heavy atom. The smallest absolute Gasteiger partial charge is 0.407 e. The Kier molecular flexibility index (Phi) is 4.28. The average Bonchev–Trinajstić information content (AvgIpc) is 2.57. The van der Waals surface area contributed by atoms with Gasteiger partial charge in [0.25, 0.3) is 0 Å². The summed E-state index contributed by atoms with van der Waals surface area (Å²) < 4.78 is 0. The molecule has 0 spiro atoms. The number of rotatable bonds is 3. The van der Waals surface area contributed by atoms with Gasteiger partial charge in [-0.15, -0.1) is 0 Å². The van der Waals surface area contributed by atoms with E-state index in [0.29, 0.717) is 19.1 Å². The van der Waals surface area contributed by atoms with Crippen LogP contribution in [0.2, 0.25) is 0 Å². The van der Waals surface area contributed by atoms with Crippen LogP contribution >= 0.6 is 0 Å². The van der Waals surface area contributed by atoms with Gasteiger partial charge in [-0.05, 0) is 37.1 Å². The van der Waals surface area contributed by atoms with E-state index >= 15 is 0 Å². The highest BCUT2D eigenvalue weighted by Crippen LogP contribution is 2.31. The summed E-state index contributed by atoms with van der Waals surface area (Å²) in [5.41, 5.74) is 2.31. The molecule has 22 heavy (non-hydrogen) atoms. The Morgan fingerprint density at radius 1 is 0.909 bits per heavy atom. The minimum absolute atomic E-state index is 0.320. The molecule has 1 amide bonds. The number of piperidine rings is 1. The fourth-order valence-corrected chi connectivity index (χ4v) is 3.06. The Balaban J connectivity index is 1.86. The number of amides is 1. The van der Waals surface area contributed by atoms with Gasteiger partial charge >= 0.3 is 6.09 Å². The number of hydrogen-bond acceptors (Lipinski definition) is 2. The van der Waals surface area contributed by atoms with Crippen LogP contribution in [-0.4, -0.2) is 35.2 Å². The number of para-hydroxylation sites is 2. The Morgan fingerprint density at radius 3 is 1.77 bits per heavy atom. The molecule has 4 heteroatoms. The lowest BCUT2D eigenvalue weighted by Crippen LogP contribution is -2.45. The molecule has 0 aromatic heterocycles. The van der Waals surface area contributed by atoms with Gasteiger partial charge in [-0.25, -0.2) is 4.79 Å². The van der Waals surface area contributed by atoms with Crippen molar-refractivity contribution < 1.29 is 9.90 Å². The van der Waals surface area contributed by atoms with Crippen molar-refractivity contribution in [3.63, 3.8) is 0 Å². The van der Waals surface area contributed by atoms with Crippen LogP contribution in [0.3, 0.4) is 0 Å². The summed E-state index contributed by atoms with van der Waals surface area (Å²) in [5, 5.41) is 9.11. The summed E-state index contributed by atoms with van der Waals surface area (Å²) in [4.78, 5) is 14.9. The van der Waals surface area contributed by atoms with E-state index in [9.17, 15) is 4.79 Å². The van der Waals surface area contributed by atoms with Crippen molar-refractivity contribution in [1.82, 2.24) is 4.90 Å². The zero-order valence-corrected chi connectivity index (χ0v) is 12.4. The minimum Gasteiger partial charge on any atom is -0.465 e. The zero-order valence-electron chi connectivity index (χ0n) is 12.4. The van der Waals surface area contributed by atoms with E-state index in [1.807, 2.05) is 36.4 Å². The number of hydrogen-bond donors (Lipinski definition) is 1. The molecule has 0 saturated carbocycles. The van der Waals surface area contributed by atoms with E-state index in [1.165, 1.54) is 4.90 Å². The van der Waals surface area contributed by atoms with E-state index in [2.05, 4.69) is 29.2 Å². The lowest BCUT2D eigenvalue weighted by Gasteiger charge is -2.39. The van der Waals surface area contributed by atoms with Crippen molar-refractivity contribution in [2.75, 3.05) is 18.0 Å². The molecule has 0 radical (unpaired) electrons. The molecule has 1 aliphatic rings. The molecule has 1 N–H and O–H groups in total. The lowest BCUT2D eigenvalue weighted by molar-refractivity contribution is 0.132. The van der Waals surface area contributed by atoms with Gasteiger partial charge in [0.15, 0.2) is 0 Å². The highest BCUT2D eigenvalue weighted by molar-refractivity contribution is 5.66. The topological polar surface area (TPSA) is 43.8 Å². The maximum absolute atomic E-state index is 11.1. The van der Waals surface area contributed by atoms with Gasteiger partial charge in [0.05, 0.1) is 0 Å². The molecule has 4 nitrogen and oxygen atoms in total. The first-order valence-electron chi connectivity index (χ1n) is 7.63. The van der Waals surface area contributed by atoms with Crippen molar-refractivity contribution in [1.29, 1.82) is 0 Å². The summed E-state index contributed by atoms with van der Waals surface area (Å²) in [6.45, 7) is 1.19. The predicted molar refractivity (Wildman–Crippen MR) is 87.6 cm³/mol. The molecular weight excluding hydrogens is 276 g/mol. The van der Waals surface area contributed by atoms with E-state index in [1.54, 1.807) is 0 Å². The van der Waals surface area contributed by atoms with Crippen LogP contribution < -0.4 is 4.90 Å². The van der Waals surface area contributed by atoms with Crippen LogP contribution in [0.1, 0.15) is 12.8 Å². The first-order valence-corrected chi connectivity index (χ1v) is 7.63. The second-order valence-corrected chi connectivity index (χ2v) is 5.54. The van der Waals surface area contributed by atoms with E-state index in [-0.39, 0.29) is 0 Å². The molecule has 1 heterocycles. The fourth-order valence-electron chi connectivity index (χ4n) is 3.06. The molecule has 1 saturated heterocycles. The molecule has 1 aliphatic heterocycles. The minimum atomic E-state index is -0.815. The highest BCUT2D eigenvalue weighted by atomic mass is 16.4. The van der Waals surface area contributed by atoms with Crippen LogP contribution in [0.15, 0.2) is 60.7 Å². The van der Waals surface area contributed by atoms with Crippen molar-refractivity contribution in [3.05, 3.63) is 60.7 Å². The molecule has 1 fully saturated rings. The molecule has 3 rings (SSSR count). The van der Waals surface area contributed by atoms with E-state index in [4.69, 9.17) is 5.11 Å². The Bertz CT molecular complexity index is 568. The molecule has 2 aromatic carbocycles. The predicted octanol–water partition coefficient (Wildman–Crippen LogP) is 3.97. The van der Waals surface area contributed by atoms with Gasteiger partial charge in [-0.3, -0.25) is 0 Å². The van der Waals surface area contributed by atoms with Gasteiger partial charge in [0.2, 0.25) is 0 Å². The monoisotopic (exact) mass is 296 g/mol. The molecule has 0 unspecified atom stereocenters. The number of anilines is 2. The van der Waals surface area contributed by atoms with Crippen LogP contribution in [0, 0.1) is 0 Å². The maximum Gasteiger partial charge on any atom is 0.407 e. The van der Waals surface area contributed by atoms with Gasteiger partial charge in [-0.2, -0.15) is 0 Å². The fraction of sp³-hybridized carbons (Fsp3) is 0.278. The van der Waals surface area contributed by atoms with Crippen LogP contribution in [-0.2, 0) is 0 Å². The van der Waals surface area contributed by atoms with Crippen molar-refractivity contribution in [3.8, 4) is 0 Å². The van der Waals surface area contributed by atoms with Gasteiger partial charge in [0, 0.05) is 30.5 Å². The Labute approximate surface area is 130 Å². The molecule has 2 aromatic rings. The normalized spacial score (nSPS) is 15.5. The SMILES string of the molecule is O=C(O)N1CCC(N(c2ccccc2)c2ccccc2)CC1. The van der Waals surface area contributed by atoms with Crippen molar-refractivity contribution >= 4 is 17.5 Å². The number of benzene rings is 2. The first-order chi connectivity index (χ1) is 10.8. The third-order valence-electron chi connectivity index (χ3n) is 4.17. The van der Waals surface area contributed by atoms with E-state index in [0.717, 1.165) is 24.2 Å². The third kappa shape index (κ3) is 3.06. The van der Waals surface area contributed by atoms with Gasteiger partial charge < -0.3 is 14.9 Å². The standard InChI is InChI=1S/C18H20N2O2/c21-18(22)19-13-11-17(12-14-19)20(15-7-3-1-4-8-15)16-9-5-2-6-10-16/h1-10,17H,11-14H2,(H,21,22). The summed E-state index contributed by atoms with van der Waals surface area (Å²) in [5.74, 6) is 0. The van der Waals surface area contributed by atoms with Crippen LogP contribution in [0.25, 0.3) is 0 Å². The quantitative estimate of drug-likeness (QED) is 0.932. The van der Waals surface area contributed by atoms with Crippen molar-refractivity contribution in [2.24, 2.45) is 0 Å². The number of carboxylic acid groups (broad SMARTS) is 1. The second-order valence-electron chi connectivity index (χ2n) is 5.54. The van der Waals surface area contributed by atoms with Crippen LogP contribution in [0.4, 0.5) is 16.2 Å². The summed E-state index contributed by atoms with van der Waals surface area (Å²) in [6.07, 6.45) is 0.871. The van der Waals surface area contributed by atoms with Gasteiger partial charge in [0.1, 0.15) is 0 Å². The largest absolute Gasteiger partial charge is 0.465 e. The highest BCUT2D eigenvalue weighted by Gasteiger charge is 2.27. The summed E-state index contributed by atoms with van der Waals surface area (Å²) >= 11 is 0. The molecule has 0 aliphatic carbocycles. The number of likely N-dealkylation sites (tertiary alicyclic amines) is 1. The molecule has 114 valence electrons. The Hall–Kier alpha value is -2.49. The molecule has 0 atom stereocenters. The van der Waals surface area contributed by atoms with Crippen LogP contribution in [0.5, 0.6) is 0 Å². The third-order valence-corrected chi connectivity index (χ3v) is 4.17. The maximum atomic E-state index is 11.1. The summed E-state index contributed by atoms with van der Waals surface area (Å²) in [7, 11) is 0. The molecule has 0 bridgehead atoms. The summed E-state index contributed by atoms with van der Waals surface area (Å²) in [6, 6.07) is 20.9.